The van der Waals surface area contributed by atoms with Crippen LogP contribution in [-0.2, 0) is 19.6 Å². The fourth-order valence-electron chi connectivity index (χ4n) is 9.23. The molecule has 456 valence electrons. The number of hydrogen-bond acceptors (Lipinski definition) is 13. The average Bonchev–Trinajstić information content (AvgIpc) is 2.51. The predicted molar refractivity (Wildman–Crippen MR) is 354 cm³/mol. The lowest BCUT2D eigenvalue weighted by Crippen LogP contribution is -3.00. The van der Waals surface area contributed by atoms with Gasteiger partial charge in [-0.15, -0.1) is 20.5 Å². The van der Waals surface area contributed by atoms with E-state index in [1.54, 1.807) is 18.5 Å². The van der Waals surface area contributed by atoms with E-state index in [2.05, 4.69) is 121 Å². The number of benzene rings is 6. The van der Waals surface area contributed by atoms with Crippen LogP contribution < -0.4 is 97.6 Å². The van der Waals surface area contributed by atoms with Crippen molar-refractivity contribution in [3.63, 3.8) is 0 Å². The summed E-state index contributed by atoms with van der Waals surface area (Å²) in [5, 5.41) is 34.7. The molecule has 0 atom stereocenters. The molecule has 0 aliphatic heterocycles. The lowest BCUT2D eigenvalue weighted by Gasteiger charge is -2.11. The van der Waals surface area contributed by atoms with Crippen LogP contribution in [0.3, 0.4) is 0 Å². The van der Waals surface area contributed by atoms with Crippen LogP contribution in [0.4, 0.5) is 56.9 Å². The molecule has 8 N–H and O–H groups in total. The van der Waals surface area contributed by atoms with E-state index in [0.717, 1.165) is 98.9 Å². The summed E-state index contributed by atoms with van der Waals surface area (Å²) in [5.74, 6) is 0. The van der Waals surface area contributed by atoms with Gasteiger partial charge in [-0.25, -0.2) is 13.7 Å². The fraction of sp³-hybridized carbons (Fsp3) is 0.206. The Labute approximate surface area is 556 Å². The Bertz CT molecular complexity index is 3770. The molecule has 0 amide bonds. The molecule has 16 nitrogen and oxygen atoms in total. The number of fused-ring (bicyclic) bond motifs is 2. The number of unbranched alkanes of at least 4 members (excludes halogenated alkanes) is 6. The lowest BCUT2D eigenvalue weighted by molar-refractivity contribution is -0.698. The predicted octanol–water partition coefficient (Wildman–Crippen LogP) is 5.95. The van der Waals surface area contributed by atoms with Gasteiger partial charge in [0.2, 0.25) is 0 Å². The molecule has 10 aromatic rings. The van der Waals surface area contributed by atoms with Crippen molar-refractivity contribution in [2.24, 2.45) is 30.7 Å². The monoisotopic (exact) mass is 1430 g/mol. The van der Waals surface area contributed by atoms with E-state index in [1.165, 1.54) is 38.5 Å². The van der Waals surface area contributed by atoms with Gasteiger partial charge >= 0.3 is 0 Å². The first-order valence-electron chi connectivity index (χ1n) is 28.7. The number of para-hydroxylation sites is 2. The normalized spacial score (nSPS) is 10.9. The van der Waals surface area contributed by atoms with Crippen molar-refractivity contribution in [3.05, 3.63) is 231 Å². The Kier molecular flexibility index (Phi) is 30.5. The molecule has 0 saturated carbocycles. The van der Waals surface area contributed by atoms with Crippen LogP contribution in [0, 0.1) is 0 Å². The number of pyridine rings is 4. The summed E-state index contributed by atoms with van der Waals surface area (Å²) >= 11 is 3.47. The van der Waals surface area contributed by atoms with E-state index in [9.17, 15) is 0 Å². The number of nitrogen functional groups attached to an aromatic ring is 4. The lowest BCUT2D eigenvalue weighted by atomic mass is 10.1. The van der Waals surface area contributed by atoms with Gasteiger partial charge in [0, 0.05) is 131 Å². The third-order valence-electron chi connectivity index (χ3n) is 13.9. The Hall–Kier alpha value is -8.30. The number of azo groups is 2. The summed E-state index contributed by atoms with van der Waals surface area (Å²) < 4.78 is 6.66. The van der Waals surface area contributed by atoms with Gasteiger partial charge in [-0.1, -0.05) is 83.0 Å². The molecule has 0 bridgehead atoms. The van der Waals surface area contributed by atoms with Crippen molar-refractivity contribution in [2.75, 3.05) is 52.4 Å². The number of hydrogen-bond donors (Lipinski definition) is 4. The van der Waals surface area contributed by atoms with Crippen LogP contribution in [0.25, 0.3) is 21.5 Å². The van der Waals surface area contributed by atoms with E-state index in [-0.39, 0.29) is 50.9 Å². The van der Waals surface area contributed by atoms with Gasteiger partial charge in [-0.2, -0.15) is 10.2 Å². The van der Waals surface area contributed by atoms with Crippen LogP contribution in [0.2, 0.25) is 0 Å². The van der Waals surface area contributed by atoms with Crippen molar-refractivity contribution >= 4 is 107 Å². The Balaban J connectivity index is 0.000000260. The van der Waals surface area contributed by atoms with Crippen molar-refractivity contribution in [1.82, 2.24) is 4.98 Å². The molecule has 88 heavy (non-hydrogen) atoms. The summed E-state index contributed by atoms with van der Waals surface area (Å²) in [7, 11) is 3.92. The SMILES string of the molecule is CN(/N=C/c1cc[n+](CCCCCCBr)cc1)c1ccccc1.CN(/N=C\c1cc[n+](CCCCCC[n+]2cccc(N=Nc3ccc(N)c4c(N)cccc34)c2)cc1)c1ccccc1.Nc1cccc2c(N=Nc3cccnc3)ccc(N)c12.[Br-].[Br-].[Br-]. The molecule has 0 saturated heterocycles. The highest BCUT2D eigenvalue weighted by atomic mass is 79.9. The van der Waals surface area contributed by atoms with E-state index in [0.29, 0.717) is 28.4 Å². The Morgan fingerprint density at radius 1 is 0.420 bits per heavy atom. The van der Waals surface area contributed by atoms with E-state index >= 15 is 0 Å². The maximum atomic E-state index is 6.14. The van der Waals surface area contributed by atoms with Gasteiger partial charge in [-0.3, -0.25) is 15.0 Å². The van der Waals surface area contributed by atoms with E-state index < -0.39 is 0 Å². The maximum Gasteiger partial charge on any atom is 0.196 e. The molecule has 0 radical (unpaired) electrons. The van der Waals surface area contributed by atoms with Crippen molar-refractivity contribution in [3.8, 4) is 0 Å². The highest BCUT2D eigenvalue weighted by Gasteiger charge is 2.10. The quantitative estimate of drug-likeness (QED) is 0.0115. The zero-order valence-electron chi connectivity index (χ0n) is 49.6. The third-order valence-corrected chi connectivity index (χ3v) is 14.5. The fourth-order valence-corrected chi connectivity index (χ4v) is 9.63. The number of hydrazone groups is 2. The number of aromatic nitrogens is 4. The Morgan fingerprint density at radius 3 is 1.31 bits per heavy atom. The third kappa shape index (κ3) is 22.1. The first kappa shape index (κ1) is 70.5. The summed E-state index contributed by atoms with van der Waals surface area (Å²) in [6.45, 7) is 3.04. The second kappa shape index (κ2) is 38.1. The standard InChI is InChI=1S/C34H38N8.C19H25BrN3.C15H13N5.3BrH/c1-40(29-12-5-4-6-13-29)37-25-27-18-23-41(24-19-27)20-7-2-3-8-21-42-22-10-11-28(26-42)38-39-33-17-16-32(36)34-30(33)14-9-15-31(34)35;1-22(19-9-5-4-6-10-19)21-17-18-11-15-23(16-12-18)14-8-3-2-7-13-20;16-12-5-1-4-11-14(7-6-13(17)15(11)12)20-19-10-3-2-8-18-9-10;;;/h4-6,9-19,22-26H,2-3,7-8,20-21,35-36H2,1H3;4-6,9-12,15-17H,2-3,7-8,13-14H2,1H3;1-9H,16-17H2;3*1H/q+2;+1;;;;/p-3. The van der Waals surface area contributed by atoms with Crippen LogP contribution in [0.5, 0.6) is 0 Å². The second-order valence-electron chi connectivity index (χ2n) is 20.3. The number of anilines is 6. The number of nitrogens with two attached hydrogens (primary N) is 4. The molecule has 0 aliphatic rings. The molecule has 0 unspecified atom stereocenters. The van der Waals surface area contributed by atoms with Gasteiger partial charge in [0.1, 0.15) is 31.0 Å². The minimum atomic E-state index is 0. The van der Waals surface area contributed by atoms with Gasteiger partial charge in [0.15, 0.2) is 37.2 Å². The number of aryl methyl sites for hydroxylation is 3. The van der Waals surface area contributed by atoms with Gasteiger partial charge in [0.25, 0.3) is 0 Å². The largest absolute Gasteiger partial charge is 1.00 e. The maximum absolute atomic E-state index is 6.14. The molecular formula is C68H76Br4N16. The molecule has 0 fully saturated rings. The second-order valence-corrected chi connectivity index (χ2v) is 21.1. The molecule has 0 aliphatic carbocycles. The first-order valence-corrected chi connectivity index (χ1v) is 29.8. The van der Waals surface area contributed by atoms with Crippen LogP contribution in [-0.4, -0.2) is 36.8 Å². The van der Waals surface area contributed by atoms with E-state index in [4.69, 9.17) is 22.9 Å². The molecule has 10 rings (SSSR count). The summed E-state index contributed by atoms with van der Waals surface area (Å²) in [6.07, 6.45) is 29.5. The zero-order valence-corrected chi connectivity index (χ0v) is 56.0. The van der Waals surface area contributed by atoms with Gasteiger partial charge in [-0.05, 0) is 105 Å². The van der Waals surface area contributed by atoms with Crippen LogP contribution in [0.1, 0.15) is 62.5 Å². The van der Waals surface area contributed by atoms with Gasteiger partial charge < -0.3 is 73.9 Å². The average molecular weight is 1440 g/mol. The topological polar surface area (TPSA) is 209 Å². The van der Waals surface area contributed by atoms with Gasteiger partial charge in [0.05, 0.1) is 41.4 Å². The van der Waals surface area contributed by atoms with Crippen LogP contribution >= 0.6 is 15.9 Å². The zero-order chi connectivity index (χ0) is 59.4. The molecule has 4 aromatic heterocycles. The highest BCUT2D eigenvalue weighted by Crippen LogP contribution is 2.36. The molecule has 4 heterocycles. The summed E-state index contributed by atoms with van der Waals surface area (Å²) in [5.41, 5.74) is 34.1. The minimum absolute atomic E-state index is 0. The number of nitrogens with zero attached hydrogens (tertiary/aromatic N) is 12. The number of rotatable bonds is 23. The highest BCUT2D eigenvalue weighted by molar-refractivity contribution is 9.09. The molecular weight excluding hydrogens is 1360 g/mol. The molecule has 20 heteroatoms. The van der Waals surface area contributed by atoms with Crippen molar-refractivity contribution in [2.45, 2.75) is 71.0 Å². The minimum Gasteiger partial charge on any atom is -1.00 e. The Morgan fingerprint density at radius 2 is 0.852 bits per heavy atom. The summed E-state index contributed by atoms with van der Waals surface area (Å²) in [6, 6.07) is 55.0. The van der Waals surface area contributed by atoms with E-state index in [1.807, 2.05) is 182 Å². The van der Waals surface area contributed by atoms with Crippen molar-refractivity contribution in [1.29, 1.82) is 0 Å². The number of alkyl halides is 1. The molecule has 6 aromatic carbocycles. The number of halogens is 4. The summed E-state index contributed by atoms with van der Waals surface area (Å²) in [4.78, 5) is 3.99. The first-order chi connectivity index (χ1) is 41.6. The van der Waals surface area contributed by atoms with Crippen LogP contribution in [0.15, 0.2) is 250 Å². The molecule has 0 spiro atoms. The van der Waals surface area contributed by atoms with Crippen molar-refractivity contribution < 1.29 is 64.6 Å². The smallest absolute Gasteiger partial charge is 0.196 e.